The predicted molar refractivity (Wildman–Crippen MR) is 269 cm³/mol. The molecule has 2 unspecified atom stereocenters. The van der Waals surface area contributed by atoms with Crippen molar-refractivity contribution in [2.75, 3.05) is 55.6 Å². The maximum Gasteiger partial charge on any atom is 0.264 e. The first-order chi connectivity index (χ1) is 34.4. The Balaban J connectivity index is 0.766. The van der Waals surface area contributed by atoms with Gasteiger partial charge in [-0.25, -0.2) is 23.7 Å². The topological polar surface area (TPSA) is 162 Å². The number of nitriles is 1. The van der Waals surface area contributed by atoms with Crippen LogP contribution in [0.4, 0.5) is 26.2 Å². The predicted octanol–water partition coefficient (Wildman–Crippen LogP) is 9.44. The van der Waals surface area contributed by atoms with Crippen LogP contribution in [0.3, 0.4) is 0 Å². The molecule has 1 N–H and O–H groups in total. The molecule has 5 aromatic rings. The van der Waals surface area contributed by atoms with Crippen LogP contribution in [0, 0.1) is 39.9 Å². The summed E-state index contributed by atoms with van der Waals surface area (Å²) in [4.78, 5) is 48.6. The molecule has 72 heavy (non-hydrogen) atoms. The van der Waals surface area contributed by atoms with Gasteiger partial charge in [0.25, 0.3) is 12.3 Å². The zero-order valence-corrected chi connectivity index (χ0v) is 42.9. The summed E-state index contributed by atoms with van der Waals surface area (Å²) in [7, 11) is 0. The Labute approximate surface area is 424 Å². The van der Waals surface area contributed by atoms with Crippen LogP contribution >= 0.6 is 11.6 Å². The Morgan fingerprint density at radius 1 is 0.986 bits per heavy atom. The number of oxazole rings is 1. The molecule has 1 aliphatic carbocycles. The van der Waals surface area contributed by atoms with Crippen LogP contribution in [0.15, 0.2) is 59.7 Å². The van der Waals surface area contributed by atoms with Gasteiger partial charge >= 0.3 is 0 Å². The number of benzene rings is 2. The van der Waals surface area contributed by atoms with Crippen molar-refractivity contribution in [1.82, 2.24) is 39.8 Å². The van der Waals surface area contributed by atoms with E-state index in [1.807, 2.05) is 11.0 Å². The van der Waals surface area contributed by atoms with Crippen molar-refractivity contribution < 1.29 is 27.5 Å². The fourth-order valence-corrected chi connectivity index (χ4v) is 13.2. The largest absolute Gasteiger partial charge is 0.489 e. The third kappa shape index (κ3) is 9.07. The molecule has 3 aromatic heterocycles. The molecule has 18 heteroatoms. The minimum Gasteiger partial charge on any atom is -0.489 e. The number of nitrogens with zero attached hydrogens (tertiary/aromatic N) is 10. The second-order valence-corrected chi connectivity index (χ2v) is 22.4. The number of hydrogen-bond donors (Lipinski definition) is 1. The van der Waals surface area contributed by atoms with Gasteiger partial charge in [0.1, 0.15) is 17.9 Å². The van der Waals surface area contributed by atoms with E-state index in [4.69, 9.17) is 35.8 Å². The SMILES string of the molecule is CC(=O)N1CCc2c(c(N3CCCc4cc(-c5cnco5)c(C(F)F)cc43)nn2C2CCN(CC3C(C)CN(c4ncc(C(=O)NC5C(C)(C)C(Oc6ccc(C#N)c(Cl)c6)C5(C)C)cn4)CC3C)CC2)C1. The maximum absolute atomic E-state index is 14.7. The summed E-state index contributed by atoms with van der Waals surface area (Å²) in [5.74, 6) is 3.29. The van der Waals surface area contributed by atoms with Crippen molar-refractivity contribution in [2.45, 2.75) is 112 Å². The van der Waals surface area contributed by atoms with Gasteiger partial charge in [0.2, 0.25) is 11.9 Å². The molecule has 2 amide bonds. The van der Waals surface area contributed by atoms with Gasteiger partial charge in [-0.15, -0.1) is 0 Å². The first-order valence-electron chi connectivity index (χ1n) is 25.4. The van der Waals surface area contributed by atoms with Gasteiger partial charge in [-0.05, 0) is 73.3 Å². The van der Waals surface area contributed by atoms with Crippen molar-refractivity contribution >= 4 is 40.9 Å². The second-order valence-electron chi connectivity index (χ2n) is 22.0. The number of fused-ring (bicyclic) bond motifs is 2. The molecular weight excluding hydrogens is 940 g/mol. The summed E-state index contributed by atoms with van der Waals surface area (Å²) in [6, 6.07) is 10.6. The van der Waals surface area contributed by atoms with E-state index >= 15 is 0 Å². The van der Waals surface area contributed by atoms with E-state index < -0.39 is 17.3 Å². The lowest BCUT2D eigenvalue weighted by Crippen LogP contribution is -2.74. The monoisotopic (exact) mass is 1000 g/mol. The van der Waals surface area contributed by atoms with E-state index in [9.17, 15) is 23.6 Å². The Morgan fingerprint density at radius 2 is 1.71 bits per heavy atom. The molecular formula is C54H64ClF2N11O4. The lowest BCUT2D eigenvalue weighted by molar-refractivity contribution is -0.164. The minimum absolute atomic E-state index is 0.0109. The standard InChI is InChI=1S/C54H64ClF2N11O4/c1-31-26-66(52-60-23-36(24-61-52)49(70)62-50-53(4,5)51(54(50,6)7)72-38-11-10-35(22-58)43(55)20-38)27-32(2)41(31)28-64-16-12-37(13-17-64)68-44-14-18-65(33(3)69)29-42(44)48(63-68)67-15-8-9-34-19-39(46-25-59-30-71-46)40(47(56)57)21-45(34)67/h10-11,19-21,23-25,30-32,37,41,47,50-51H,8-9,12-18,26-29H2,1-7H3,(H,62,70). The van der Waals surface area contributed by atoms with E-state index in [0.29, 0.717) is 83.0 Å². The molecule has 15 nitrogen and oxygen atoms in total. The van der Waals surface area contributed by atoms with Crippen molar-refractivity contribution in [1.29, 1.82) is 5.26 Å². The van der Waals surface area contributed by atoms with Crippen molar-refractivity contribution in [3.8, 4) is 23.1 Å². The number of anilines is 3. The summed E-state index contributed by atoms with van der Waals surface area (Å²) in [5.41, 5.74) is 4.08. The molecule has 0 spiro atoms. The zero-order chi connectivity index (χ0) is 50.8. The van der Waals surface area contributed by atoms with Crippen LogP contribution < -0.4 is 19.9 Å². The van der Waals surface area contributed by atoms with Crippen LogP contribution in [-0.4, -0.2) is 104 Å². The highest BCUT2D eigenvalue weighted by Crippen LogP contribution is 2.56. The Kier molecular flexibility index (Phi) is 13.3. The molecule has 3 fully saturated rings. The van der Waals surface area contributed by atoms with E-state index in [1.54, 1.807) is 43.6 Å². The van der Waals surface area contributed by atoms with Gasteiger partial charge in [-0.3, -0.25) is 14.3 Å². The average Bonchev–Trinajstić information content (AvgIpc) is 4.04. The minimum atomic E-state index is -2.71. The highest BCUT2D eigenvalue weighted by Gasteiger charge is 2.64. The number of ether oxygens (including phenoxy) is 1. The van der Waals surface area contributed by atoms with Gasteiger partial charge in [-0.2, -0.15) is 10.4 Å². The van der Waals surface area contributed by atoms with Crippen LogP contribution in [0.5, 0.6) is 5.75 Å². The van der Waals surface area contributed by atoms with E-state index in [2.05, 4.69) is 77.3 Å². The number of likely N-dealkylation sites (tertiary alicyclic amines) is 1. The lowest BCUT2D eigenvalue weighted by atomic mass is 9.49. The summed E-state index contributed by atoms with van der Waals surface area (Å²) in [6.07, 6.45) is 7.19. The highest BCUT2D eigenvalue weighted by atomic mass is 35.5. The Morgan fingerprint density at radius 3 is 2.35 bits per heavy atom. The maximum atomic E-state index is 14.7. The smallest absolute Gasteiger partial charge is 0.264 e. The van der Waals surface area contributed by atoms with Gasteiger partial charge < -0.3 is 34.1 Å². The summed E-state index contributed by atoms with van der Waals surface area (Å²) in [5, 5.41) is 18.2. The summed E-state index contributed by atoms with van der Waals surface area (Å²) >= 11 is 6.29. The first-order valence-corrected chi connectivity index (χ1v) is 25.7. The number of carbonyl (C=O) groups is 2. The third-order valence-electron chi connectivity index (χ3n) is 16.5. The molecule has 380 valence electrons. The number of rotatable bonds is 11. The molecule has 1 saturated carbocycles. The van der Waals surface area contributed by atoms with E-state index in [-0.39, 0.29) is 35.6 Å². The molecule has 5 aliphatic rings. The second kappa shape index (κ2) is 19.4. The van der Waals surface area contributed by atoms with Gasteiger partial charge in [0.05, 0.1) is 34.9 Å². The summed E-state index contributed by atoms with van der Waals surface area (Å²) in [6.45, 7) is 20.7. The first kappa shape index (κ1) is 49.5. The van der Waals surface area contributed by atoms with Crippen LogP contribution in [0.25, 0.3) is 11.3 Å². The molecule has 10 rings (SSSR count). The molecule has 2 atom stereocenters. The van der Waals surface area contributed by atoms with Crippen molar-refractivity contribution in [3.05, 3.63) is 93.8 Å². The molecule has 0 bridgehead atoms. The van der Waals surface area contributed by atoms with E-state index in [1.165, 1.54) is 12.6 Å². The molecule has 2 aromatic carbocycles. The van der Waals surface area contributed by atoms with Crippen molar-refractivity contribution in [3.63, 3.8) is 0 Å². The lowest BCUT2D eigenvalue weighted by Gasteiger charge is -2.63. The van der Waals surface area contributed by atoms with Crippen LogP contribution in [0.2, 0.25) is 5.02 Å². The van der Waals surface area contributed by atoms with E-state index in [0.717, 1.165) is 86.7 Å². The molecule has 2 saturated heterocycles. The quantitative estimate of drug-likeness (QED) is 0.134. The molecule has 0 radical (unpaired) electrons. The van der Waals surface area contributed by atoms with Gasteiger partial charge in [0, 0.05) is 123 Å². The van der Waals surface area contributed by atoms with Crippen LogP contribution in [-0.2, 0) is 24.2 Å². The number of aryl methyl sites for hydroxylation is 1. The highest BCUT2D eigenvalue weighted by molar-refractivity contribution is 6.31. The molecule has 7 heterocycles. The number of nitrogens with one attached hydrogen (secondary N) is 1. The number of amides is 2. The van der Waals surface area contributed by atoms with Crippen LogP contribution in [0.1, 0.15) is 119 Å². The molecule has 4 aliphatic heterocycles. The van der Waals surface area contributed by atoms with Crippen molar-refractivity contribution in [2.24, 2.45) is 28.6 Å². The Bertz CT molecular complexity index is 2850. The number of alkyl halides is 2. The fraction of sp³-hybridized carbons (Fsp3) is 0.537. The van der Waals surface area contributed by atoms with Gasteiger partial charge in [0.15, 0.2) is 18.0 Å². The number of piperidine rings is 2. The fourth-order valence-electron chi connectivity index (χ4n) is 13.0. The number of aromatic nitrogens is 5. The number of halogens is 3. The normalized spacial score (nSPS) is 24.0. The summed E-state index contributed by atoms with van der Waals surface area (Å²) < 4.78 is 43.5. The number of carbonyl (C=O) groups excluding carboxylic acids is 2. The number of hydrogen-bond acceptors (Lipinski definition) is 12. The Hall–Kier alpha value is -6.12. The third-order valence-corrected chi connectivity index (χ3v) is 16.8. The zero-order valence-electron chi connectivity index (χ0n) is 42.2. The average molecular weight is 1000 g/mol. The van der Waals surface area contributed by atoms with Gasteiger partial charge in [-0.1, -0.05) is 53.1 Å².